The van der Waals surface area contributed by atoms with E-state index < -0.39 is 11.6 Å². The summed E-state index contributed by atoms with van der Waals surface area (Å²) in [7, 11) is 0. The molecular formula is C31H33N5O3S. The minimum atomic E-state index is -1.52. The molecule has 1 amide bonds. The zero-order valence-electron chi connectivity index (χ0n) is 22.5. The fourth-order valence-corrected chi connectivity index (χ4v) is 7.17. The number of nitrogens with two attached hydrogens (primary N) is 3. The smallest absolute Gasteiger partial charge is 0.262 e. The van der Waals surface area contributed by atoms with Crippen LogP contribution < -0.4 is 32.6 Å². The number of anilines is 1. The second kappa shape index (κ2) is 10.0. The predicted octanol–water partition coefficient (Wildman–Crippen LogP) is 4.24. The summed E-state index contributed by atoms with van der Waals surface area (Å²) in [6.45, 7) is 4.73. The number of benzene rings is 3. The monoisotopic (exact) mass is 555 g/mol. The van der Waals surface area contributed by atoms with E-state index in [1.54, 1.807) is 18.2 Å². The molecule has 1 aliphatic carbocycles. The minimum Gasteiger partial charge on any atom is -0.457 e. The van der Waals surface area contributed by atoms with Crippen molar-refractivity contribution >= 4 is 38.8 Å². The van der Waals surface area contributed by atoms with Crippen molar-refractivity contribution in [3.63, 3.8) is 0 Å². The highest BCUT2D eigenvalue weighted by Gasteiger charge is 2.49. The Morgan fingerprint density at radius 1 is 1.07 bits per heavy atom. The van der Waals surface area contributed by atoms with Gasteiger partial charge < -0.3 is 32.6 Å². The van der Waals surface area contributed by atoms with Gasteiger partial charge in [0.15, 0.2) is 5.78 Å². The molecule has 1 aliphatic heterocycles. The molecule has 1 fully saturated rings. The molecule has 8 nitrogen and oxygen atoms in total. The lowest BCUT2D eigenvalue weighted by molar-refractivity contribution is -0.124. The van der Waals surface area contributed by atoms with Gasteiger partial charge in [-0.3, -0.25) is 9.59 Å². The number of amides is 1. The summed E-state index contributed by atoms with van der Waals surface area (Å²) in [5, 5.41) is 7.24. The Kier molecular flexibility index (Phi) is 6.62. The van der Waals surface area contributed by atoms with Crippen LogP contribution in [0.5, 0.6) is 11.5 Å². The molecule has 3 unspecified atom stereocenters. The van der Waals surface area contributed by atoms with Crippen LogP contribution >= 0.6 is 11.3 Å². The number of nitrogens with one attached hydrogen (secondary N) is 2. The molecule has 9 heteroatoms. The Morgan fingerprint density at radius 3 is 2.52 bits per heavy atom. The molecule has 4 atom stereocenters. The van der Waals surface area contributed by atoms with E-state index in [-0.39, 0.29) is 17.7 Å². The normalized spacial score (nSPS) is 24.2. The van der Waals surface area contributed by atoms with E-state index in [1.165, 1.54) is 11.3 Å². The molecule has 2 heterocycles. The van der Waals surface area contributed by atoms with Crippen molar-refractivity contribution in [2.75, 3.05) is 12.3 Å². The number of Topliss-reactive ketones (excluding diaryl/α,β-unsaturated/α-hetero) is 1. The number of carbonyl (C=O) groups is 2. The maximum atomic E-state index is 14.1. The molecule has 2 aliphatic rings. The largest absolute Gasteiger partial charge is 0.457 e. The molecule has 40 heavy (non-hydrogen) atoms. The average molecular weight is 556 g/mol. The number of rotatable bonds is 5. The van der Waals surface area contributed by atoms with Crippen LogP contribution in [0.4, 0.5) is 5.69 Å². The minimum absolute atomic E-state index is 0.00122. The Balaban J connectivity index is 1.42. The summed E-state index contributed by atoms with van der Waals surface area (Å²) in [4.78, 5) is 28.1. The van der Waals surface area contributed by atoms with E-state index in [2.05, 4.69) is 17.6 Å². The number of aryl methyl sites for hydroxylation is 1. The molecule has 3 aromatic carbocycles. The maximum Gasteiger partial charge on any atom is 0.262 e. The van der Waals surface area contributed by atoms with E-state index in [0.717, 1.165) is 18.4 Å². The van der Waals surface area contributed by atoms with Gasteiger partial charge in [0, 0.05) is 35.3 Å². The number of hydrogen-bond acceptors (Lipinski definition) is 8. The van der Waals surface area contributed by atoms with Crippen molar-refractivity contribution in [1.29, 1.82) is 0 Å². The van der Waals surface area contributed by atoms with Crippen molar-refractivity contribution in [1.82, 2.24) is 10.6 Å². The van der Waals surface area contributed by atoms with Gasteiger partial charge in [0.05, 0.1) is 15.6 Å². The highest BCUT2D eigenvalue weighted by molar-refractivity contribution is 7.21. The van der Waals surface area contributed by atoms with Gasteiger partial charge in [-0.05, 0) is 73.7 Å². The summed E-state index contributed by atoms with van der Waals surface area (Å²) in [5.74, 6) is 0.731. The van der Waals surface area contributed by atoms with Crippen molar-refractivity contribution in [2.24, 2.45) is 11.5 Å². The molecule has 1 aromatic heterocycles. The van der Waals surface area contributed by atoms with Crippen molar-refractivity contribution in [3.05, 3.63) is 87.8 Å². The fourth-order valence-electron chi connectivity index (χ4n) is 5.97. The first-order valence-electron chi connectivity index (χ1n) is 13.5. The summed E-state index contributed by atoms with van der Waals surface area (Å²) in [6.07, 6.45) is 1.86. The van der Waals surface area contributed by atoms with Crippen LogP contribution in [0, 0.1) is 6.92 Å². The third kappa shape index (κ3) is 4.26. The van der Waals surface area contributed by atoms with E-state index in [1.807, 2.05) is 49.4 Å². The van der Waals surface area contributed by atoms with Crippen LogP contribution in [0.25, 0.3) is 10.1 Å². The molecule has 206 valence electrons. The standard InChI is InChI=1S/C31H33N5O3S/c1-16-14-20(39-19-6-4-3-5-7-19)10-11-21(16)31(34)22-12-13-23(32)27-24(22)25(26(33)29(31)37)28(40-27)30(38)36-18-9-8-17(2)35-15-18/h3-7,10-14,17-18,26,35H,8-9,15,32-34H2,1-2H3,(H,36,38)/t17-,18?,26?,31?/m1/s1. The van der Waals surface area contributed by atoms with Gasteiger partial charge in [0.2, 0.25) is 0 Å². The predicted molar refractivity (Wildman–Crippen MR) is 159 cm³/mol. The summed E-state index contributed by atoms with van der Waals surface area (Å²) < 4.78 is 6.71. The first kappa shape index (κ1) is 26.5. The number of para-hydroxylation sites is 1. The van der Waals surface area contributed by atoms with Gasteiger partial charge in [-0.25, -0.2) is 0 Å². The second-order valence-corrected chi connectivity index (χ2v) is 11.9. The number of thiophene rings is 1. The number of ketones is 1. The first-order chi connectivity index (χ1) is 19.2. The fraction of sp³-hybridized carbons (Fsp3) is 0.290. The van der Waals surface area contributed by atoms with Crippen molar-refractivity contribution in [3.8, 4) is 11.5 Å². The second-order valence-electron chi connectivity index (χ2n) is 10.9. The SMILES string of the molecule is Cc1cc(Oc2ccccc2)ccc1C1(N)C(=O)C(N)c2c(C(=O)NC3CC[C@@H](C)NC3)sc3c(N)ccc1c23. The van der Waals surface area contributed by atoms with Gasteiger partial charge in [-0.1, -0.05) is 30.3 Å². The quantitative estimate of drug-likeness (QED) is 0.232. The zero-order valence-corrected chi connectivity index (χ0v) is 23.3. The lowest BCUT2D eigenvalue weighted by Crippen LogP contribution is -2.53. The van der Waals surface area contributed by atoms with Crippen LogP contribution in [-0.2, 0) is 10.3 Å². The maximum absolute atomic E-state index is 14.1. The molecule has 0 bridgehead atoms. The van der Waals surface area contributed by atoms with E-state index in [0.29, 0.717) is 61.4 Å². The van der Waals surface area contributed by atoms with Gasteiger partial charge in [-0.2, -0.15) is 0 Å². The highest BCUT2D eigenvalue weighted by Crippen LogP contribution is 2.50. The topological polar surface area (TPSA) is 145 Å². The molecule has 0 radical (unpaired) electrons. The molecule has 1 saturated heterocycles. The van der Waals surface area contributed by atoms with Gasteiger partial charge in [-0.15, -0.1) is 11.3 Å². The van der Waals surface area contributed by atoms with E-state index in [4.69, 9.17) is 21.9 Å². The van der Waals surface area contributed by atoms with Crippen LogP contribution in [0.15, 0.2) is 60.7 Å². The molecule has 8 N–H and O–H groups in total. The van der Waals surface area contributed by atoms with E-state index >= 15 is 0 Å². The molecular weight excluding hydrogens is 522 g/mol. The van der Waals surface area contributed by atoms with Crippen LogP contribution in [-0.4, -0.2) is 30.3 Å². The third-order valence-electron chi connectivity index (χ3n) is 8.12. The number of ether oxygens (including phenoxy) is 1. The van der Waals surface area contributed by atoms with Gasteiger partial charge >= 0.3 is 0 Å². The Hall–Kier alpha value is -3.76. The van der Waals surface area contributed by atoms with Gasteiger partial charge in [0.25, 0.3) is 5.91 Å². The number of carbonyl (C=O) groups excluding carboxylic acids is 2. The Morgan fingerprint density at radius 2 is 1.82 bits per heavy atom. The van der Waals surface area contributed by atoms with Gasteiger partial charge in [0.1, 0.15) is 17.0 Å². The molecule has 4 aromatic rings. The summed E-state index contributed by atoms with van der Waals surface area (Å²) in [5.41, 5.74) is 21.6. The summed E-state index contributed by atoms with van der Waals surface area (Å²) >= 11 is 1.27. The van der Waals surface area contributed by atoms with Crippen LogP contribution in [0.2, 0.25) is 0 Å². The van der Waals surface area contributed by atoms with Crippen LogP contribution in [0.3, 0.4) is 0 Å². The Bertz CT molecular complexity index is 1630. The number of hydrogen-bond donors (Lipinski definition) is 5. The zero-order chi connectivity index (χ0) is 28.2. The third-order valence-corrected chi connectivity index (χ3v) is 9.37. The molecule has 0 spiro atoms. The van der Waals surface area contributed by atoms with Crippen LogP contribution in [0.1, 0.15) is 57.7 Å². The van der Waals surface area contributed by atoms with Crippen molar-refractivity contribution < 1.29 is 14.3 Å². The van der Waals surface area contributed by atoms with Crippen molar-refractivity contribution in [2.45, 2.75) is 50.4 Å². The average Bonchev–Trinajstić information content (AvgIpc) is 3.35. The summed E-state index contributed by atoms with van der Waals surface area (Å²) in [6, 6.07) is 17.8. The lowest BCUT2D eigenvalue weighted by Gasteiger charge is -2.37. The van der Waals surface area contributed by atoms with E-state index in [9.17, 15) is 9.59 Å². The first-order valence-corrected chi connectivity index (χ1v) is 14.3. The highest BCUT2D eigenvalue weighted by atomic mass is 32.1. The molecule has 6 rings (SSSR count). The lowest BCUT2D eigenvalue weighted by atomic mass is 9.69. The number of piperidine rings is 1. The Labute approximate surface area is 236 Å². The molecule has 0 saturated carbocycles. The number of nitrogen functional groups attached to an aromatic ring is 1.